The summed E-state index contributed by atoms with van der Waals surface area (Å²) in [7, 11) is 1.51. The molecule has 1 aromatic rings. The number of ketones is 1. The molecule has 0 aromatic heterocycles. The molecule has 0 unspecified atom stereocenters. The molecular formula is C11H13FO3. The van der Waals surface area contributed by atoms with E-state index in [0.29, 0.717) is 5.56 Å². The number of rotatable bonds is 5. The van der Waals surface area contributed by atoms with E-state index < -0.39 is 5.82 Å². The molecule has 4 heteroatoms. The molecule has 3 nitrogen and oxygen atoms in total. The van der Waals surface area contributed by atoms with Gasteiger partial charge in [-0.15, -0.1) is 0 Å². The predicted molar refractivity (Wildman–Crippen MR) is 53.1 cm³/mol. The van der Waals surface area contributed by atoms with Crippen molar-refractivity contribution < 1.29 is 18.7 Å². The highest BCUT2D eigenvalue weighted by Gasteiger charge is 2.07. The van der Waals surface area contributed by atoms with E-state index in [9.17, 15) is 9.18 Å². The first kappa shape index (κ1) is 11.8. The molecule has 0 saturated carbocycles. The Morgan fingerprint density at radius 3 is 2.73 bits per heavy atom. The zero-order chi connectivity index (χ0) is 11.3. The lowest BCUT2D eigenvalue weighted by molar-refractivity contribution is -0.0391. The van der Waals surface area contributed by atoms with Crippen molar-refractivity contribution in [1.29, 1.82) is 0 Å². The van der Waals surface area contributed by atoms with E-state index in [0.717, 1.165) is 0 Å². The van der Waals surface area contributed by atoms with Crippen LogP contribution in [0.5, 0.6) is 0 Å². The van der Waals surface area contributed by atoms with E-state index in [1.54, 1.807) is 6.07 Å². The summed E-state index contributed by atoms with van der Waals surface area (Å²) >= 11 is 0. The van der Waals surface area contributed by atoms with Gasteiger partial charge >= 0.3 is 0 Å². The number of carbonyl (C=O) groups excluding carboxylic acids is 1. The van der Waals surface area contributed by atoms with Crippen LogP contribution in [0.25, 0.3) is 0 Å². The van der Waals surface area contributed by atoms with Gasteiger partial charge < -0.3 is 9.47 Å². The second-order valence-corrected chi connectivity index (χ2v) is 3.13. The van der Waals surface area contributed by atoms with Gasteiger partial charge in [-0.05, 0) is 24.6 Å². The maximum atomic E-state index is 13.3. The highest BCUT2D eigenvalue weighted by atomic mass is 19.1. The number of benzene rings is 1. The van der Waals surface area contributed by atoms with Gasteiger partial charge in [0.05, 0.1) is 12.2 Å². The third kappa shape index (κ3) is 3.42. The molecule has 0 aliphatic carbocycles. The molecule has 0 heterocycles. The Morgan fingerprint density at radius 1 is 1.47 bits per heavy atom. The van der Waals surface area contributed by atoms with E-state index in [1.165, 1.54) is 26.2 Å². The first-order valence-corrected chi connectivity index (χ1v) is 4.51. The van der Waals surface area contributed by atoms with E-state index in [1.807, 2.05) is 0 Å². The molecular weight excluding hydrogens is 199 g/mol. The molecule has 15 heavy (non-hydrogen) atoms. The average molecular weight is 212 g/mol. The van der Waals surface area contributed by atoms with Crippen molar-refractivity contribution >= 4 is 5.78 Å². The largest absolute Gasteiger partial charge is 0.359 e. The fraction of sp³-hybridized carbons (Fsp3) is 0.364. The summed E-state index contributed by atoms with van der Waals surface area (Å²) in [5.74, 6) is -0.794. The van der Waals surface area contributed by atoms with Gasteiger partial charge in [-0.3, -0.25) is 4.79 Å². The summed E-state index contributed by atoms with van der Waals surface area (Å²) in [5, 5.41) is 0. The van der Waals surface area contributed by atoms with Crippen molar-refractivity contribution in [2.24, 2.45) is 0 Å². The van der Waals surface area contributed by atoms with Crippen LogP contribution >= 0.6 is 0 Å². The zero-order valence-corrected chi connectivity index (χ0v) is 8.75. The number of halogens is 1. The van der Waals surface area contributed by atoms with Gasteiger partial charge in [-0.1, -0.05) is 6.07 Å². The van der Waals surface area contributed by atoms with Crippen LogP contribution in [0, 0.1) is 5.82 Å². The lowest BCUT2D eigenvalue weighted by Crippen LogP contribution is -2.01. The van der Waals surface area contributed by atoms with Crippen molar-refractivity contribution in [3.8, 4) is 0 Å². The van der Waals surface area contributed by atoms with Gasteiger partial charge in [-0.25, -0.2) is 4.39 Å². The monoisotopic (exact) mass is 212 g/mol. The normalized spacial score (nSPS) is 10.3. The third-order valence-corrected chi connectivity index (χ3v) is 1.88. The Labute approximate surface area is 87.8 Å². The third-order valence-electron chi connectivity index (χ3n) is 1.88. The number of ether oxygens (including phenoxy) is 2. The van der Waals surface area contributed by atoms with Crippen molar-refractivity contribution in [1.82, 2.24) is 0 Å². The Balaban J connectivity index is 2.69. The lowest BCUT2D eigenvalue weighted by atomic mass is 10.1. The van der Waals surface area contributed by atoms with E-state index in [2.05, 4.69) is 4.74 Å². The molecule has 82 valence electrons. The first-order valence-electron chi connectivity index (χ1n) is 4.51. The minimum atomic E-state index is -0.513. The fourth-order valence-corrected chi connectivity index (χ4v) is 1.18. The molecule has 0 aliphatic heterocycles. The average Bonchev–Trinajstić information content (AvgIpc) is 2.17. The standard InChI is InChI=1S/C11H13FO3/c1-8(13)10-4-3-9(5-11(10)12)6-15-7-14-2/h3-5H,6-7H2,1-2H3. The van der Waals surface area contributed by atoms with Crippen LogP contribution in [0.2, 0.25) is 0 Å². The second kappa shape index (κ2) is 5.58. The van der Waals surface area contributed by atoms with Crippen molar-refractivity contribution in [2.75, 3.05) is 13.9 Å². The van der Waals surface area contributed by atoms with Crippen LogP contribution in [0.4, 0.5) is 4.39 Å². The zero-order valence-electron chi connectivity index (χ0n) is 8.75. The molecule has 0 saturated heterocycles. The maximum Gasteiger partial charge on any atom is 0.162 e. The minimum Gasteiger partial charge on any atom is -0.359 e. The van der Waals surface area contributed by atoms with Crippen molar-refractivity contribution in [3.05, 3.63) is 35.1 Å². The van der Waals surface area contributed by atoms with Gasteiger partial charge in [0.25, 0.3) is 0 Å². The van der Waals surface area contributed by atoms with Gasteiger partial charge in [0.15, 0.2) is 5.78 Å². The van der Waals surface area contributed by atoms with Crippen molar-refractivity contribution in [3.63, 3.8) is 0 Å². The Hall–Kier alpha value is -1.26. The predicted octanol–water partition coefficient (Wildman–Crippen LogP) is 2.15. The van der Waals surface area contributed by atoms with Crippen LogP contribution in [-0.4, -0.2) is 19.7 Å². The number of methoxy groups -OCH3 is 1. The van der Waals surface area contributed by atoms with Crippen molar-refractivity contribution in [2.45, 2.75) is 13.5 Å². The number of hydrogen-bond donors (Lipinski definition) is 0. The van der Waals surface area contributed by atoms with Crippen LogP contribution in [0.15, 0.2) is 18.2 Å². The topological polar surface area (TPSA) is 35.5 Å². The molecule has 0 aliphatic rings. The summed E-state index contributed by atoms with van der Waals surface area (Å²) in [6.07, 6.45) is 0. The molecule has 0 spiro atoms. The van der Waals surface area contributed by atoms with Crippen LogP contribution in [0.3, 0.4) is 0 Å². The lowest BCUT2D eigenvalue weighted by Gasteiger charge is -2.04. The minimum absolute atomic E-state index is 0.102. The highest BCUT2D eigenvalue weighted by Crippen LogP contribution is 2.11. The fourth-order valence-electron chi connectivity index (χ4n) is 1.18. The summed E-state index contributed by atoms with van der Waals surface area (Å²) in [4.78, 5) is 10.9. The number of carbonyl (C=O) groups is 1. The molecule has 0 bridgehead atoms. The number of Topliss-reactive ketones (excluding diaryl/α,β-unsaturated/α-hetero) is 1. The van der Waals surface area contributed by atoms with Crippen LogP contribution in [-0.2, 0) is 16.1 Å². The van der Waals surface area contributed by atoms with Gasteiger partial charge in [0.1, 0.15) is 12.6 Å². The highest BCUT2D eigenvalue weighted by molar-refractivity contribution is 5.94. The smallest absolute Gasteiger partial charge is 0.162 e. The SMILES string of the molecule is COCOCc1ccc(C(C)=O)c(F)c1. The van der Waals surface area contributed by atoms with Crippen LogP contribution < -0.4 is 0 Å². The molecule has 0 radical (unpaired) electrons. The molecule has 0 N–H and O–H groups in total. The molecule has 1 aromatic carbocycles. The summed E-state index contributed by atoms with van der Waals surface area (Å²) < 4.78 is 23.0. The van der Waals surface area contributed by atoms with Gasteiger partial charge in [0.2, 0.25) is 0 Å². The summed E-state index contributed by atoms with van der Waals surface area (Å²) in [6, 6.07) is 4.42. The van der Waals surface area contributed by atoms with Gasteiger partial charge in [-0.2, -0.15) is 0 Å². The van der Waals surface area contributed by atoms with E-state index in [-0.39, 0.29) is 24.7 Å². The molecule has 0 atom stereocenters. The quantitative estimate of drug-likeness (QED) is 0.426. The summed E-state index contributed by atoms with van der Waals surface area (Å²) in [5.41, 5.74) is 0.778. The van der Waals surface area contributed by atoms with E-state index in [4.69, 9.17) is 4.74 Å². The van der Waals surface area contributed by atoms with Gasteiger partial charge in [0, 0.05) is 7.11 Å². The van der Waals surface area contributed by atoms with Crippen LogP contribution in [0.1, 0.15) is 22.8 Å². The second-order valence-electron chi connectivity index (χ2n) is 3.13. The molecule has 0 fully saturated rings. The van der Waals surface area contributed by atoms with E-state index >= 15 is 0 Å². The Morgan fingerprint density at radius 2 is 2.20 bits per heavy atom. The maximum absolute atomic E-state index is 13.3. The Kier molecular flexibility index (Phi) is 4.39. The summed E-state index contributed by atoms with van der Waals surface area (Å²) in [6.45, 7) is 1.76. The molecule has 0 amide bonds. The Bertz CT molecular complexity index is 350. The number of hydrogen-bond acceptors (Lipinski definition) is 3. The first-order chi connectivity index (χ1) is 7.15. The molecule has 1 rings (SSSR count).